The first kappa shape index (κ1) is 29.6. The van der Waals surface area contributed by atoms with Crippen LogP contribution >= 0.6 is 0 Å². The van der Waals surface area contributed by atoms with Gasteiger partial charge in [0.2, 0.25) is 0 Å². The van der Waals surface area contributed by atoms with E-state index in [9.17, 15) is 0 Å². The van der Waals surface area contributed by atoms with Crippen LogP contribution < -0.4 is 0 Å². The molecule has 0 heteroatoms. The maximum absolute atomic E-state index is 3.93. The molecule has 0 amide bonds. The third kappa shape index (κ3) is 23.8. The van der Waals surface area contributed by atoms with Crippen molar-refractivity contribution in [2.75, 3.05) is 0 Å². The smallest absolute Gasteiger partial charge is 0.00886 e. The van der Waals surface area contributed by atoms with Gasteiger partial charge in [0.05, 0.1) is 0 Å². The highest BCUT2D eigenvalue weighted by atomic mass is 14.1. The summed E-state index contributed by atoms with van der Waals surface area (Å²) in [6.07, 6.45) is 29.3. The molecule has 30 heavy (non-hydrogen) atoms. The van der Waals surface area contributed by atoms with Crippen molar-refractivity contribution >= 4 is 0 Å². The fraction of sp³-hybridized carbons (Fsp3) is 0.867. The lowest BCUT2D eigenvalue weighted by atomic mass is 9.94. The van der Waals surface area contributed by atoms with Gasteiger partial charge in [-0.3, -0.25) is 0 Å². The van der Waals surface area contributed by atoms with Crippen molar-refractivity contribution in [3.63, 3.8) is 0 Å². The van der Waals surface area contributed by atoms with E-state index in [2.05, 4.69) is 39.5 Å². The Morgan fingerprint density at radius 3 is 1.20 bits per heavy atom. The summed E-state index contributed by atoms with van der Waals surface area (Å²) in [7, 11) is 0. The molecule has 0 aliphatic heterocycles. The summed E-state index contributed by atoms with van der Waals surface area (Å²) in [6.45, 7) is 12.7. The van der Waals surface area contributed by atoms with Gasteiger partial charge in [-0.15, -0.1) is 11.8 Å². The molecule has 0 bridgehead atoms. The topological polar surface area (TPSA) is 0 Å². The van der Waals surface area contributed by atoms with Crippen molar-refractivity contribution in [1.29, 1.82) is 0 Å². The van der Waals surface area contributed by atoms with Crippen LogP contribution in [0, 0.1) is 37.5 Å². The summed E-state index contributed by atoms with van der Waals surface area (Å²) in [5, 5.41) is 0. The van der Waals surface area contributed by atoms with E-state index in [-0.39, 0.29) is 0 Å². The molecule has 0 saturated heterocycles. The van der Waals surface area contributed by atoms with E-state index in [4.69, 9.17) is 0 Å². The third-order valence-corrected chi connectivity index (χ3v) is 6.52. The lowest BCUT2D eigenvalue weighted by Gasteiger charge is -2.12. The van der Waals surface area contributed by atoms with Crippen molar-refractivity contribution < 1.29 is 0 Å². The second-order valence-corrected chi connectivity index (χ2v) is 9.88. The summed E-state index contributed by atoms with van der Waals surface area (Å²) in [5.41, 5.74) is 0. The molecule has 0 aromatic rings. The average molecular weight is 417 g/mol. The summed E-state index contributed by atoms with van der Waals surface area (Å²) >= 11 is 0. The van der Waals surface area contributed by atoms with Gasteiger partial charge in [-0.25, -0.2) is 0 Å². The first-order valence-electron chi connectivity index (χ1n) is 13.7. The Hall–Kier alpha value is -0.440. The van der Waals surface area contributed by atoms with E-state index in [0.717, 1.165) is 37.5 Å². The fourth-order valence-corrected chi connectivity index (χ4v) is 4.28. The van der Waals surface area contributed by atoms with Crippen LogP contribution in [0.4, 0.5) is 0 Å². The second-order valence-electron chi connectivity index (χ2n) is 9.88. The molecule has 0 saturated carbocycles. The minimum atomic E-state index is 0.906. The van der Waals surface area contributed by atoms with Crippen molar-refractivity contribution in [2.24, 2.45) is 11.8 Å². The third-order valence-electron chi connectivity index (χ3n) is 6.52. The Labute approximate surface area is 192 Å². The van der Waals surface area contributed by atoms with Crippen LogP contribution in [-0.2, 0) is 0 Å². The standard InChI is InChI=1S/C30H56/c1-5-7-9-11-12-13-14-15-16-17-18-22-26-30(4)28-24-20-19-23-27-29(3)25-21-10-8-6-2/h29-30H,1-2,5-14,17-28H2,3-4H3. The van der Waals surface area contributed by atoms with Crippen LogP contribution in [0.15, 0.2) is 0 Å². The predicted octanol–water partition coefficient (Wildman–Crippen LogP) is 10.5. The van der Waals surface area contributed by atoms with E-state index >= 15 is 0 Å². The minimum absolute atomic E-state index is 0.906. The van der Waals surface area contributed by atoms with Gasteiger partial charge in [-0.1, -0.05) is 143 Å². The molecule has 0 fully saturated rings. The van der Waals surface area contributed by atoms with Crippen LogP contribution in [0.3, 0.4) is 0 Å². The average Bonchev–Trinajstić information content (AvgIpc) is 2.74. The molecule has 0 aromatic carbocycles. The number of hydrogen-bond donors (Lipinski definition) is 0. The van der Waals surface area contributed by atoms with Crippen molar-refractivity contribution in [1.82, 2.24) is 0 Å². The molecule has 0 aliphatic rings. The monoisotopic (exact) mass is 416 g/mol. The van der Waals surface area contributed by atoms with Gasteiger partial charge in [-0.2, -0.15) is 0 Å². The molecule has 0 aromatic heterocycles. The number of rotatable bonds is 22. The first-order valence-corrected chi connectivity index (χ1v) is 13.7. The van der Waals surface area contributed by atoms with E-state index in [1.165, 1.54) is 116 Å². The fourth-order valence-electron chi connectivity index (χ4n) is 4.28. The maximum Gasteiger partial charge on any atom is 0.00886 e. The zero-order valence-electron chi connectivity index (χ0n) is 21.1. The molecule has 2 atom stereocenters. The molecule has 2 radical (unpaired) electrons. The van der Waals surface area contributed by atoms with Gasteiger partial charge in [-0.05, 0) is 24.7 Å². The summed E-state index contributed by atoms with van der Waals surface area (Å²) < 4.78 is 0. The lowest BCUT2D eigenvalue weighted by molar-refractivity contribution is 0.417. The molecule has 0 N–H and O–H groups in total. The Morgan fingerprint density at radius 1 is 0.433 bits per heavy atom. The highest BCUT2D eigenvalue weighted by Crippen LogP contribution is 2.20. The minimum Gasteiger partial charge on any atom is -0.103 e. The zero-order valence-corrected chi connectivity index (χ0v) is 21.1. The Bertz CT molecular complexity index is 371. The predicted molar refractivity (Wildman–Crippen MR) is 138 cm³/mol. The normalized spacial score (nSPS) is 13.1. The first-order chi connectivity index (χ1) is 14.7. The van der Waals surface area contributed by atoms with Crippen molar-refractivity contribution in [3.05, 3.63) is 13.8 Å². The van der Waals surface area contributed by atoms with Crippen LogP contribution in [-0.4, -0.2) is 0 Å². The quantitative estimate of drug-likeness (QED) is 0.122. The largest absolute Gasteiger partial charge is 0.103 e. The number of hydrogen-bond acceptors (Lipinski definition) is 0. The van der Waals surface area contributed by atoms with Gasteiger partial charge >= 0.3 is 0 Å². The van der Waals surface area contributed by atoms with E-state index in [0.29, 0.717) is 0 Å². The molecular weight excluding hydrogens is 360 g/mol. The summed E-state index contributed by atoms with van der Waals surface area (Å²) in [6, 6.07) is 0. The van der Waals surface area contributed by atoms with Gasteiger partial charge < -0.3 is 0 Å². The van der Waals surface area contributed by atoms with Crippen LogP contribution in [0.25, 0.3) is 0 Å². The van der Waals surface area contributed by atoms with Gasteiger partial charge in [0.1, 0.15) is 0 Å². The molecule has 0 spiro atoms. The molecule has 2 unspecified atom stereocenters. The summed E-state index contributed by atoms with van der Waals surface area (Å²) in [4.78, 5) is 0. The Morgan fingerprint density at radius 2 is 0.733 bits per heavy atom. The Balaban J connectivity index is 3.33. The highest BCUT2D eigenvalue weighted by Gasteiger charge is 2.04. The van der Waals surface area contributed by atoms with Crippen LogP contribution in [0.5, 0.6) is 0 Å². The van der Waals surface area contributed by atoms with Crippen molar-refractivity contribution in [2.45, 2.75) is 155 Å². The molecule has 176 valence electrons. The van der Waals surface area contributed by atoms with Crippen LogP contribution in [0.2, 0.25) is 0 Å². The zero-order chi connectivity index (χ0) is 22.1. The summed E-state index contributed by atoms with van der Waals surface area (Å²) in [5.74, 6) is 8.61. The van der Waals surface area contributed by atoms with Crippen molar-refractivity contribution in [3.8, 4) is 11.8 Å². The molecule has 0 aliphatic carbocycles. The van der Waals surface area contributed by atoms with Gasteiger partial charge in [0.25, 0.3) is 0 Å². The van der Waals surface area contributed by atoms with Crippen LogP contribution in [0.1, 0.15) is 155 Å². The van der Waals surface area contributed by atoms with E-state index in [1.54, 1.807) is 0 Å². The van der Waals surface area contributed by atoms with Gasteiger partial charge in [0.15, 0.2) is 0 Å². The SMILES string of the molecule is [CH2]CCCCCCCC#CCCCCC(C)CCCCCCC(C)CCCCC[CH2]. The Kier molecular flexibility index (Phi) is 24.5. The molecular formula is C30H56. The molecule has 0 heterocycles. The number of unbranched alkanes of at least 4 members (excludes halogenated alkanes) is 14. The maximum atomic E-state index is 3.93. The van der Waals surface area contributed by atoms with E-state index < -0.39 is 0 Å². The highest BCUT2D eigenvalue weighted by molar-refractivity contribution is 4.98. The lowest BCUT2D eigenvalue weighted by Crippen LogP contribution is -1.96. The van der Waals surface area contributed by atoms with E-state index in [1.807, 2.05) is 0 Å². The molecule has 0 rings (SSSR count). The second kappa shape index (κ2) is 24.8. The van der Waals surface area contributed by atoms with Gasteiger partial charge in [0, 0.05) is 12.8 Å². The molecule has 0 nitrogen and oxygen atoms in total.